The maximum Gasteiger partial charge on any atom is 0.418 e. The van der Waals surface area contributed by atoms with Gasteiger partial charge in [0.25, 0.3) is 0 Å². The van der Waals surface area contributed by atoms with Crippen molar-refractivity contribution in [2.75, 3.05) is 5.43 Å². The molecule has 0 fully saturated rings. The Hall–Kier alpha value is -1.72. The largest absolute Gasteiger partial charge is 0.418 e. The molecule has 2 aromatic carbocycles. The van der Waals surface area contributed by atoms with Crippen LogP contribution in [0.3, 0.4) is 0 Å². The van der Waals surface area contributed by atoms with Crippen molar-refractivity contribution in [2.45, 2.75) is 13.1 Å². The summed E-state index contributed by atoms with van der Waals surface area (Å²) in [4.78, 5) is 0. The van der Waals surface area contributed by atoms with Crippen molar-refractivity contribution >= 4 is 34.6 Å². The fourth-order valence-corrected chi connectivity index (χ4v) is 2.06. The first-order valence-corrected chi connectivity index (χ1v) is 6.96. The highest BCUT2D eigenvalue weighted by molar-refractivity contribution is 6.42. The Morgan fingerprint density at radius 3 is 2.36 bits per heavy atom. The van der Waals surface area contributed by atoms with Gasteiger partial charge in [-0.3, -0.25) is 5.43 Å². The van der Waals surface area contributed by atoms with Gasteiger partial charge in [-0.05, 0) is 36.8 Å². The summed E-state index contributed by atoms with van der Waals surface area (Å²) in [6.07, 6.45) is -4.45. The third-order valence-corrected chi connectivity index (χ3v) is 3.65. The van der Waals surface area contributed by atoms with E-state index in [9.17, 15) is 13.2 Å². The molecule has 0 unspecified atom stereocenters. The van der Waals surface area contributed by atoms with Gasteiger partial charge in [0.1, 0.15) is 0 Å². The topological polar surface area (TPSA) is 24.4 Å². The average Bonchev–Trinajstić information content (AvgIpc) is 2.47. The summed E-state index contributed by atoms with van der Waals surface area (Å²) in [5.74, 6) is 0. The van der Waals surface area contributed by atoms with Crippen LogP contribution < -0.4 is 5.43 Å². The maximum absolute atomic E-state index is 12.9. The first kappa shape index (κ1) is 16.6. The molecular weight excluding hydrogens is 336 g/mol. The quantitative estimate of drug-likeness (QED) is 0.547. The number of halogens is 5. The number of rotatable bonds is 3. The van der Waals surface area contributed by atoms with Crippen molar-refractivity contribution in [3.63, 3.8) is 0 Å². The molecule has 0 spiro atoms. The van der Waals surface area contributed by atoms with Crippen molar-refractivity contribution in [3.8, 4) is 0 Å². The molecule has 0 amide bonds. The second-order valence-electron chi connectivity index (χ2n) is 4.48. The molecule has 0 radical (unpaired) electrons. The first-order valence-electron chi connectivity index (χ1n) is 6.21. The summed E-state index contributed by atoms with van der Waals surface area (Å²) in [5, 5.41) is 4.72. The Bertz CT molecular complexity index is 712. The maximum atomic E-state index is 12.9. The molecular formula is C15H11Cl2F3N2. The van der Waals surface area contributed by atoms with Gasteiger partial charge >= 0.3 is 6.18 Å². The zero-order chi connectivity index (χ0) is 16.3. The van der Waals surface area contributed by atoms with Crippen molar-refractivity contribution in [1.82, 2.24) is 0 Å². The third kappa shape index (κ3) is 3.93. The summed E-state index contributed by atoms with van der Waals surface area (Å²) < 4.78 is 38.6. The molecule has 0 aliphatic carbocycles. The fraction of sp³-hybridized carbons (Fsp3) is 0.133. The van der Waals surface area contributed by atoms with E-state index in [0.29, 0.717) is 21.3 Å². The van der Waals surface area contributed by atoms with Crippen molar-refractivity contribution in [3.05, 3.63) is 63.6 Å². The van der Waals surface area contributed by atoms with Crippen LogP contribution in [0.2, 0.25) is 10.0 Å². The molecule has 7 heteroatoms. The van der Waals surface area contributed by atoms with Gasteiger partial charge in [-0.25, -0.2) is 0 Å². The highest BCUT2D eigenvalue weighted by Gasteiger charge is 2.33. The van der Waals surface area contributed by atoms with Gasteiger partial charge in [-0.1, -0.05) is 41.4 Å². The molecule has 0 heterocycles. The zero-order valence-corrected chi connectivity index (χ0v) is 12.9. The van der Waals surface area contributed by atoms with E-state index in [4.69, 9.17) is 23.2 Å². The number of anilines is 1. The molecule has 2 rings (SSSR count). The molecule has 0 aliphatic rings. The lowest BCUT2D eigenvalue weighted by Crippen LogP contribution is -2.09. The standard InChI is InChI=1S/C15H11Cl2F3N2/c1-9(10-6-7-12(16)13(17)8-10)21-22-14-5-3-2-4-11(14)15(18,19)20/h2-8,22H,1H3/b21-9-. The van der Waals surface area contributed by atoms with E-state index in [-0.39, 0.29) is 5.69 Å². The second-order valence-corrected chi connectivity index (χ2v) is 5.30. The van der Waals surface area contributed by atoms with Crippen LogP contribution >= 0.6 is 23.2 Å². The number of nitrogens with one attached hydrogen (secondary N) is 1. The van der Waals surface area contributed by atoms with Gasteiger partial charge < -0.3 is 0 Å². The molecule has 116 valence electrons. The molecule has 0 saturated heterocycles. The number of nitrogens with zero attached hydrogens (tertiary/aromatic N) is 1. The minimum Gasteiger partial charge on any atom is -0.278 e. The monoisotopic (exact) mass is 346 g/mol. The summed E-state index contributed by atoms with van der Waals surface area (Å²) >= 11 is 11.7. The minimum atomic E-state index is -4.45. The molecule has 0 saturated carbocycles. The van der Waals surface area contributed by atoms with Crippen LogP contribution in [0, 0.1) is 0 Å². The first-order chi connectivity index (χ1) is 10.3. The number of alkyl halides is 3. The van der Waals surface area contributed by atoms with Crippen LogP contribution in [0.15, 0.2) is 47.6 Å². The van der Waals surface area contributed by atoms with Gasteiger partial charge in [0.2, 0.25) is 0 Å². The van der Waals surface area contributed by atoms with E-state index in [1.807, 2.05) is 0 Å². The second kappa shape index (κ2) is 6.58. The third-order valence-electron chi connectivity index (χ3n) is 2.91. The van der Waals surface area contributed by atoms with Crippen LogP contribution in [0.25, 0.3) is 0 Å². The highest BCUT2D eigenvalue weighted by Crippen LogP contribution is 2.34. The lowest BCUT2D eigenvalue weighted by molar-refractivity contribution is -0.136. The van der Waals surface area contributed by atoms with Gasteiger partial charge in [0.15, 0.2) is 0 Å². The van der Waals surface area contributed by atoms with Gasteiger partial charge in [-0.15, -0.1) is 0 Å². The smallest absolute Gasteiger partial charge is 0.278 e. The molecule has 0 bridgehead atoms. The Balaban J connectivity index is 2.26. The van der Waals surface area contributed by atoms with Crippen LogP contribution in [-0.4, -0.2) is 5.71 Å². The Kier molecular flexibility index (Phi) is 4.98. The lowest BCUT2D eigenvalue weighted by Gasteiger charge is -2.12. The molecule has 1 N–H and O–H groups in total. The Morgan fingerprint density at radius 1 is 1.05 bits per heavy atom. The van der Waals surface area contributed by atoms with Crippen LogP contribution in [0.4, 0.5) is 18.9 Å². The van der Waals surface area contributed by atoms with E-state index >= 15 is 0 Å². The van der Waals surface area contributed by atoms with Crippen molar-refractivity contribution in [2.24, 2.45) is 5.10 Å². The summed E-state index contributed by atoms with van der Waals surface area (Å²) in [7, 11) is 0. The van der Waals surface area contributed by atoms with E-state index in [0.717, 1.165) is 6.07 Å². The number of para-hydroxylation sites is 1. The Labute approximate surface area is 135 Å². The SMILES string of the molecule is C/C(=N/Nc1ccccc1C(F)(F)F)c1ccc(Cl)c(Cl)c1. The summed E-state index contributed by atoms with van der Waals surface area (Å²) in [6.45, 7) is 1.66. The normalized spacial score (nSPS) is 12.4. The number of hydrogen-bond acceptors (Lipinski definition) is 2. The number of benzene rings is 2. The van der Waals surface area contributed by atoms with Crippen LogP contribution in [0.5, 0.6) is 0 Å². The zero-order valence-electron chi connectivity index (χ0n) is 11.4. The van der Waals surface area contributed by atoms with E-state index in [1.165, 1.54) is 18.2 Å². The van der Waals surface area contributed by atoms with E-state index in [1.54, 1.807) is 25.1 Å². The van der Waals surface area contributed by atoms with Gasteiger partial charge in [0, 0.05) is 0 Å². The fourth-order valence-electron chi connectivity index (χ4n) is 1.76. The highest BCUT2D eigenvalue weighted by atomic mass is 35.5. The lowest BCUT2D eigenvalue weighted by atomic mass is 10.1. The van der Waals surface area contributed by atoms with Crippen molar-refractivity contribution < 1.29 is 13.2 Å². The summed E-state index contributed by atoms with van der Waals surface area (Å²) in [6, 6.07) is 10.0. The Morgan fingerprint density at radius 2 is 1.73 bits per heavy atom. The van der Waals surface area contributed by atoms with Crippen LogP contribution in [0.1, 0.15) is 18.1 Å². The molecule has 22 heavy (non-hydrogen) atoms. The van der Waals surface area contributed by atoms with Crippen molar-refractivity contribution in [1.29, 1.82) is 0 Å². The van der Waals surface area contributed by atoms with Gasteiger partial charge in [0.05, 0.1) is 27.0 Å². The average molecular weight is 347 g/mol. The predicted molar refractivity (Wildman–Crippen MR) is 83.7 cm³/mol. The summed E-state index contributed by atoms with van der Waals surface area (Å²) in [5.41, 5.74) is 2.69. The van der Waals surface area contributed by atoms with Gasteiger partial charge in [-0.2, -0.15) is 18.3 Å². The molecule has 0 atom stereocenters. The molecule has 2 nitrogen and oxygen atoms in total. The predicted octanol–water partition coefficient (Wildman–Crippen LogP) is 5.85. The van der Waals surface area contributed by atoms with Crippen LogP contribution in [-0.2, 0) is 6.18 Å². The number of hydrazone groups is 1. The van der Waals surface area contributed by atoms with E-state index < -0.39 is 11.7 Å². The number of hydrogen-bond donors (Lipinski definition) is 1. The molecule has 0 aliphatic heterocycles. The van der Waals surface area contributed by atoms with E-state index in [2.05, 4.69) is 10.5 Å². The minimum absolute atomic E-state index is 0.116. The molecule has 2 aromatic rings. The molecule has 0 aromatic heterocycles.